The van der Waals surface area contributed by atoms with Crippen LogP contribution in [0.5, 0.6) is 5.75 Å². The Balaban J connectivity index is 1.54. The molecule has 10 heteroatoms. The third-order valence-corrected chi connectivity index (χ3v) is 5.77. The number of para-hydroxylation sites is 1. The summed E-state index contributed by atoms with van der Waals surface area (Å²) < 4.78 is 31.3. The minimum Gasteiger partial charge on any atom is -0.434 e. The number of hydrogen-bond acceptors (Lipinski definition) is 6. The van der Waals surface area contributed by atoms with Crippen molar-refractivity contribution in [2.24, 2.45) is 0 Å². The van der Waals surface area contributed by atoms with Crippen molar-refractivity contribution < 1.29 is 18.3 Å². The van der Waals surface area contributed by atoms with Crippen molar-refractivity contribution in [2.75, 3.05) is 5.32 Å². The Morgan fingerprint density at radius 3 is 2.83 bits per heavy atom. The quantitative estimate of drug-likeness (QED) is 0.454. The number of halogens is 2. The molecule has 1 aromatic carbocycles. The standard InChI is InChI=1S/C19H14F2N4O2S2/c1-11-13(10-25(24-11)19-22-8-9-28-19)15-6-7-16(29-15)23-17(26)12-4-2-3-5-14(12)27-18(20)21/h2-10,18H,1H3,(H,23,26). The first-order valence-corrected chi connectivity index (χ1v) is 10.1. The topological polar surface area (TPSA) is 69.0 Å². The van der Waals surface area contributed by atoms with Gasteiger partial charge in [0.05, 0.1) is 16.3 Å². The summed E-state index contributed by atoms with van der Waals surface area (Å²) in [6.07, 6.45) is 3.60. The number of hydrogen-bond donors (Lipinski definition) is 1. The normalized spacial score (nSPS) is 11.0. The highest BCUT2D eigenvalue weighted by Gasteiger charge is 2.17. The fourth-order valence-corrected chi connectivity index (χ4v) is 4.24. The molecule has 4 aromatic rings. The predicted octanol–water partition coefficient (Wildman–Crippen LogP) is 5.22. The van der Waals surface area contributed by atoms with E-state index in [0.717, 1.165) is 21.3 Å². The number of nitrogens with one attached hydrogen (secondary N) is 1. The van der Waals surface area contributed by atoms with Crippen molar-refractivity contribution in [3.63, 3.8) is 0 Å². The summed E-state index contributed by atoms with van der Waals surface area (Å²) >= 11 is 2.84. The van der Waals surface area contributed by atoms with Gasteiger partial charge in [-0.25, -0.2) is 9.67 Å². The van der Waals surface area contributed by atoms with Gasteiger partial charge in [-0.3, -0.25) is 4.79 Å². The molecule has 0 radical (unpaired) electrons. The van der Waals surface area contributed by atoms with Crippen LogP contribution in [0.4, 0.5) is 13.8 Å². The van der Waals surface area contributed by atoms with Crippen LogP contribution in [-0.2, 0) is 0 Å². The summed E-state index contributed by atoms with van der Waals surface area (Å²) in [5.41, 5.74) is 1.79. The number of benzene rings is 1. The number of anilines is 1. The highest BCUT2D eigenvalue weighted by atomic mass is 32.1. The van der Waals surface area contributed by atoms with Crippen LogP contribution in [0.2, 0.25) is 0 Å². The van der Waals surface area contributed by atoms with Crippen molar-refractivity contribution in [1.82, 2.24) is 14.8 Å². The minimum atomic E-state index is -3.00. The van der Waals surface area contributed by atoms with Crippen molar-refractivity contribution >= 4 is 33.6 Å². The van der Waals surface area contributed by atoms with Crippen molar-refractivity contribution in [1.29, 1.82) is 0 Å². The summed E-state index contributed by atoms with van der Waals surface area (Å²) in [5.74, 6) is -0.692. The predicted molar refractivity (Wildman–Crippen MR) is 108 cm³/mol. The number of thiophene rings is 1. The third-order valence-electron chi connectivity index (χ3n) is 3.97. The number of nitrogens with zero attached hydrogens (tertiary/aromatic N) is 3. The van der Waals surface area contributed by atoms with Crippen LogP contribution in [-0.4, -0.2) is 27.3 Å². The van der Waals surface area contributed by atoms with Crippen molar-refractivity contribution in [3.8, 4) is 21.3 Å². The molecule has 1 amide bonds. The van der Waals surface area contributed by atoms with Gasteiger partial charge in [0.1, 0.15) is 5.75 Å². The molecule has 3 aromatic heterocycles. The maximum absolute atomic E-state index is 12.6. The molecule has 29 heavy (non-hydrogen) atoms. The molecule has 6 nitrogen and oxygen atoms in total. The Morgan fingerprint density at radius 1 is 1.24 bits per heavy atom. The van der Waals surface area contributed by atoms with E-state index in [9.17, 15) is 13.6 Å². The number of amides is 1. The van der Waals surface area contributed by atoms with Gasteiger partial charge in [-0.05, 0) is 31.2 Å². The molecule has 0 bridgehead atoms. The van der Waals surface area contributed by atoms with E-state index in [0.29, 0.717) is 5.00 Å². The van der Waals surface area contributed by atoms with E-state index in [1.807, 2.05) is 24.6 Å². The largest absolute Gasteiger partial charge is 0.434 e. The van der Waals surface area contributed by atoms with E-state index in [-0.39, 0.29) is 11.3 Å². The molecule has 4 rings (SSSR count). The van der Waals surface area contributed by atoms with E-state index in [4.69, 9.17) is 0 Å². The Morgan fingerprint density at radius 2 is 2.07 bits per heavy atom. The van der Waals surface area contributed by atoms with E-state index in [2.05, 4.69) is 20.1 Å². The molecule has 0 saturated heterocycles. The average Bonchev–Trinajstić information content (AvgIpc) is 3.42. The van der Waals surface area contributed by atoms with Gasteiger partial charge in [0.15, 0.2) is 0 Å². The Bertz CT molecular complexity index is 1140. The zero-order valence-corrected chi connectivity index (χ0v) is 16.6. The van der Waals surface area contributed by atoms with Gasteiger partial charge in [0.25, 0.3) is 5.91 Å². The Kier molecular flexibility index (Phi) is 5.36. The molecule has 0 atom stereocenters. The summed E-state index contributed by atoms with van der Waals surface area (Å²) in [6.45, 7) is -1.11. The first kappa shape index (κ1) is 19.2. The van der Waals surface area contributed by atoms with Gasteiger partial charge in [0.2, 0.25) is 5.13 Å². The average molecular weight is 432 g/mol. The van der Waals surface area contributed by atoms with Crippen LogP contribution in [0.15, 0.2) is 54.2 Å². The fraction of sp³-hybridized carbons (Fsp3) is 0.105. The zero-order chi connectivity index (χ0) is 20.4. The molecule has 0 aliphatic carbocycles. The molecule has 1 N–H and O–H groups in total. The second-order valence-electron chi connectivity index (χ2n) is 5.88. The van der Waals surface area contributed by atoms with Crippen LogP contribution in [0.25, 0.3) is 15.6 Å². The monoisotopic (exact) mass is 432 g/mol. The maximum atomic E-state index is 12.6. The summed E-state index contributed by atoms with van der Waals surface area (Å²) in [6, 6.07) is 9.51. The number of alkyl halides is 2. The number of ether oxygens (including phenoxy) is 1. The van der Waals surface area contributed by atoms with Crippen molar-refractivity contribution in [3.05, 3.63) is 65.4 Å². The molecule has 0 saturated carbocycles. The first-order chi connectivity index (χ1) is 14.0. The van der Waals surface area contributed by atoms with Crippen LogP contribution in [0, 0.1) is 6.92 Å². The molecule has 148 valence electrons. The smallest absolute Gasteiger partial charge is 0.387 e. The lowest BCUT2D eigenvalue weighted by Crippen LogP contribution is -2.14. The molecular formula is C19H14F2N4O2S2. The van der Waals surface area contributed by atoms with E-state index in [1.165, 1.54) is 40.9 Å². The molecule has 0 spiro atoms. The van der Waals surface area contributed by atoms with E-state index >= 15 is 0 Å². The zero-order valence-electron chi connectivity index (χ0n) is 15.0. The van der Waals surface area contributed by atoms with E-state index < -0.39 is 12.5 Å². The minimum absolute atomic E-state index is 0.0375. The van der Waals surface area contributed by atoms with Gasteiger partial charge in [-0.2, -0.15) is 13.9 Å². The third kappa shape index (κ3) is 4.17. The van der Waals surface area contributed by atoms with Crippen LogP contribution < -0.4 is 10.1 Å². The van der Waals surface area contributed by atoms with Gasteiger partial charge < -0.3 is 10.1 Å². The molecule has 3 heterocycles. The second-order valence-corrected chi connectivity index (χ2v) is 7.84. The Hall–Kier alpha value is -3.11. The Labute approximate surface area is 172 Å². The number of carbonyl (C=O) groups is 1. The number of rotatable bonds is 6. The second kappa shape index (κ2) is 8.10. The molecular weight excluding hydrogens is 418 g/mol. The fourth-order valence-electron chi connectivity index (χ4n) is 2.71. The van der Waals surface area contributed by atoms with Gasteiger partial charge in [-0.15, -0.1) is 22.7 Å². The van der Waals surface area contributed by atoms with E-state index in [1.54, 1.807) is 23.0 Å². The number of thiazole rings is 1. The van der Waals surface area contributed by atoms with Crippen LogP contribution in [0.3, 0.4) is 0 Å². The van der Waals surface area contributed by atoms with Crippen LogP contribution in [0.1, 0.15) is 16.1 Å². The summed E-state index contributed by atoms with van der Waals surface area (Å²) in [7, 11) is 0. The van der Waals surface area contributed by atoms with Gasteiger partial charge >= 0.3 is 6.61 Å². The SMILES string of the molecule is Cc1nn(-c2nccs2)cc1-c1ccc(NC(=O)c2ccccc2OC(F)F)s1. The first-order valence-electron chi connectivity index (χ1n) is 8.43. The number of aromatic nitrogens is 3. The van der Waals surface area contributed by atoms with Gasteiger partial charge in [-0.1, -0.05) is 12.1 Å². The lowest BCUT2D eigenvalue weighted by molar-refractivity contribution is -0.0501. The summed E-state index contributed by atoms with van der Waals surface area (Å²) in [4.78, 5) is 17.7. The summed E-state index contributed by atoms with van der Waals surface area (Å²) in [5, 5.41) is 10.4. The van der Waals surface area contributed by atoms with Gasteiger partial charge in [0, 0.05) is 28.2 Å². The maximum Gasteiger partial charge on any atom is 0.387 e. The highest BCUT2D eigenvalue weighted by Crippen LogP contribution is 2.34. The number of aryl methyl sites for hydroxylation is 1. The molecule has 0 unspecified atom stereocenters. The number of carbonyl (C=O) groups excluding carboxylic acids is 1. The van der Waals surface area contributed by atoms with Crippen LogP contribution >= 0.6 is 22.7 Å². The lowest BCUT2D eigenvalue weighted by Gasteiger charge is -2.09. The highest BCUT2D eigenvalue weighted by molar-refractivity contribution is 7.19. The van der Waals surface area contributed by atoms with Crippen molar-refractivity contribution in [2.45, 2.75) is 13.5 Å². The lowest BCUT2D eigenvalue weighted by atomic mass is 10.2. The molecule has 0 aliphatic rings. The molecule has 0 fully saturated rings. The molecule has 0 aliphatic heterocycles.